The van der Waals surface area contributed by atoms with Crippen LogP contribution in [-0.4, -0.2) is 73.3 Å². The number of amidine groups is 1. The minimum atomic E-state index is -0.509. The molecule has 10 heteroatoms. The van der Waals surface area contributed by atoms with Gasteiger partial charge in [0, 0.05) is 19.0 Å². The lowest BCUT2D eigenvalue weighted by Gasteiger charge is -2.32. The minimum absolute atomic E-state index is 0.0148. The molecule has 0 saturated carbocycles. The van der Waals surface area contributed by atoms with Crippen LogP contribution in [0, 0.1) is 5.92 Å². The van der Waals surface area contributed by atoms with Crippen LogP contribution in [0.2, 0.25) is 0 Å². The van der Waals surface area contributed by atoms with Gasteiger partial charge in [-0.3, -0.25) is 15.1 Å². The summed E-state index contributed by atoms with van der Waals surface area (Å²) >= 11 is 0. The van der Waals surface area contributed by atoms with Crippen LogP contribution in [0.4, 0.5) is 10.5 Å². The molecule has 0 aromatic heterocycles. The third-order valence-corrected chi connectivity index (χ3v) is 7.19. The largest absolute Gasteiger partial charge is 0.495 e. The van der Waals surface area contributed by atoms with E-state index >= 15 is 0 Å². The predicted molar refractivity (Wildman–Crippen MR) is 143 cm³/mol. The number of nitrogens with one attached hydrogen (secondary N) is 1. The first kappa shape index (κ1) is 26.6. The molecule has 1 saturated heterocycles. The number of nitrogens with zero attached hydrogens (tertiary/aromatic N) is 4. The van der Waals surface area contributed by atoms with Gasteiger partial charge in [-0.05, 0) is 44.4 Å². The van der Waals surface area contributed by atoms with Crippen molar-refractivity contribution >= 4 is 29.7 Å². The Balaban J connectivity index is 1.58. The van der Waals surface area contributed by atoms with Crippen molar-refractivity contribution in [2.45, 2.75) is 45.6 Å². The van der Waals surface area contributed by atoms with Crippen molar-refractivity contribution in [1.29, 1.82) is 0 Å². The Hall–Kier alpha value is -3.50. The van der Waals surface area contributed by atoms with Gasteiger partial charge in [-0.2, -0.15) is 4.99 Å². The zero-order valence-corrected chi connectivity index (χ0v) is 22.1. The van der Waals surface area contributed by atoms with E-state index in [0.717, 1.165) is 48.5 Å². The van der Waals surface area contributed by atoms with Crippen molar-refractivity contribution in [2.75, 3.05) is 39.1 Å². The lowest BCUT2D eigenvalue weighted by atomic mass is 9.92. The molecule has 3 aliphatic heterocycles. The number of carbonyl (C=O) groups is 2. The van der Waals surface area contributed by atoms with Crippen LogP contribution >= 0.6 is 0 Å². The van der Waals surface area contributed by atoms with Gasteiger partial charge in [0.15, 0.2) is 5.70 Å². The number of likely N-dealkylation sites (tertiary alicyclic amines) is 1. The first-order valence-electron chi connectivity index (χ1n) is 12.9. The molecule has 1 unspecified atom stereocenters. The van der Waals surface area contributed by atoms with E-state index < -0.39 is 6.09 Å². The van der Waals surface area contributed by atoms with Gasteiger partial charge in [0.05, 0.1) is 44.4 Å². The molecule has 3 heterocycles. The van der Waals surface area contributed by atoms with Crippen LogP contribution in [-0.2, 0) is 9.53 Å². The Morgan fingerprint density at radius 2 is 2.05 bits per heavy atom. The van der Waals surface area contributed by atoms with Gasteiger partial charge in [-0.1, -0.05) is 13.3 Å². The van der Waals surface area contributed by atoms with Crippen molar-refractivity contribution in [3.8, 4) is 5.75 Å². The summed E-state index contributed by atoms with van der Waals surface area (Å²) in [6.07, 6.45) is 8.39. The maximum atomic E-state index is 12.4. The van der Waals surface area contributed by atoms with Gasteiger partial charge in [0.1, 0.15) is 23.8 Å². The molecular formula is C27H37N6O4+. The van der Waals surface area contributed by atoms with Crippen molar-refractivity contribution in [3.63, 3.8) is 0 Å². The molecule has 37 heavy (non-hydrogen) atoms. The third kappa shape index (κ3) is 5.45. The second-order valence-electron chi connectivity index (χ2n) is 9.76. The van der Waals surface area contributed by atoms with E-state index in [4.69, 9.17) is 20.2 Å². The molecule has 0 aliphatic carbocycles. The molecule has 0 bridgehead atoms. The number of ether oxygens (including phenoxy) is 2. The van der Waals surface area contributed by atoms with E-state index in [1.807, 2.05) is 42.4 Å². The van der Waals surface area contributed by atoms with Crippen LogP contribution < -0.4 is 15.8 Å². The first-order chi connectivity index (χ1) is 17.8. The molecule has 198 valence electrons. The summed E-state index contributed by atoms with van der Waals surface area (Å²) in [4.78, 5) is 35.8. The predicted octanol–water partition coefficient (Wildman–Crippen LogP) is 3.60. The number of aliphatic imine (C=N–C) groups is 2. The first-order valence-corrected chi connectivity index (χ1v) is 12.9. The van der Waals surface area contributed by atoms with Crippen molar-refractivity contribution in [3.05, 3.63) is 47.6 Å². The van der Waals surface area contributed by atoms with Crippen LogP contribution in [0.5, 0.6) is 5.75 Å². The lowest BCUT2D eigenvalue weighted by molar-refractivity contribution is -0.713. The second kappa shape index (κ2) is 11.3. The highest BCUT2D eigenvalue weighted by atomic mass is 16.6. The fourth-order valence-electron chi connectivity index (χ4n) is 5.14. The molecule has 10 nitrogen and oxygen atoms in total. The molecule has 1 aromatic carbocycles. The van der Waals surface area contributed by atoms with Crippen molar-refractivity contribution < 1.29 is 23.5 Å². The molecule has 1 fully saturated rings. The number of carbonyl (C=O) groups excluding carboxylic acids is 2. The SMILES string of the molecule is CCC[C@H](C)OC(=O)Nc1ccc(C2=NC(C3CCN(C(=O)CN)CC3)=C3C=NC=C[N+]23C)cc1OC. The molecule has 0 spiro atoms. The molecule has 0 radical (unpaired) electrons. The van der Waals surface area contributed by atoms with E-state index in [1.54, 1.807) is 13.3 Å². The number of nitrogens with two attached hydrogens (primary N) is 1. The normalized spacial score (nSPS) is 22.0. The summed E-state index contributed by atoms with van der Waals surface area (Å²) in [6.45, 7) is 5.30. The van der Waals surface area contributed by atoms with E-state index in [-0.39, 0.29) is 24.5 Å². The standard InChI is InChI=1S/C27H36N6O4/c1-5-6-18(2)37-27(35)30-21-8-7-20(15-23(21)36-4)26-31-25(22-17-29-11-14-33(22,26)3)19-9-12-32(13-10-19)24(34)16-28/h7-8,11,14-15,17-19H,5-6,9-10,12-13,16,28H2,1-4H3/p+1/t18-,33?/m0/s1. The monoisotopic (exact) mass is 509 g/mol. The lowest BCUT2D eigenvalue weighted by Crippen LogP contribution is -2.43. The molecule has 3 N–H and O–H groups in total. The van der Waals surface area contributed by atoms with E-state index in [0.29, 0.717) is 29.0 Å². The highest BCUT2D eigenvalue weighted by Crippen LogP contribution is 2.40. The summed E-state index contributed by atoms with van der Waals surface area (Å²) in [5.74, 6) is 1.56. The van der Waals surface area contributed by atoms with E-state index in [1.165, 1.54) is 0 Å². The number of hydrogen-bond acceptors (Lipinski definition) is 7. The number of hydrogen-bond donors (Lipinski definition) is 2. The fourth-order valence-corrected chi connectivity index (χ4v) is 5.14. The molecule has 3 aliphatic rings. The van der Waals surface area contributed by atoms with E-state index in [2.05, 4.69) is 24.3 Å². The highest BCUT2D eigenvalue weighted by Gasteiger charge is 2.45. The average Bonchev–Trinajstić information content (AvgIpc) is 3.21. The Labute approximate surface area is 218 Å². The van der Waals surface area contributed by atoms with Crippen molar-refractivity contribution in [1.82, 2.24) is 4.90 Å². The minimum Gasteiger partial charge on any atom is -0.495 e. The smallest absolute Gasteiger partial charge is 0.412 e. The summed E-state index contributed by atoms with van der Waals surface area (Å²) in [5, 5.41) is 2.80. The Morgan fingerprint density at radius 3 is 2.73 bits per heavy atom. The highest BCUT2D eigenvalue weighted by molar-refractivity contribution is 6.01. The second-order valence-corrected chi connectivity index (χ2v) is 9.76. The number of methoxy groups -OCH3 is 1. The van der Waals surface area contributed by atoms with Gasteiger partial charge in [0.2, 0.25) is 11.7 Å². The quantitative estimate of drug-likeness (QED) is 0.519. The Kier molecular flexibility index (Phi) is 8.09. The van der Waals surface area contributed by atoms with E-state index in [9.17, 15) is 9.59 Å². The van der Waals surface area contributed by atoms with Crippen molar-refractivity contribution in [2.24, 2.45) is 21.6 Å². The van der Waals surface area contributed by atoms with Crippen LogP contribution in [0.15, 0.2) is 52.0 Å². The zero-order valence-electron chi connectivity index (χ0n) is 22.1. The summed E-state index contributed by atoms with van der Waals surface area (Å²) < 4.78 is 11.4. The molecule has 2 amide bonds. The Bertz CT molecular complexity index is 1170. The number of benzene rings is 1. The molecule has 4 rings (SSSR count). The number of quaternary nitrogens is 1. The fraction of sp³-hybridized carbons (Fsp3) is 0.481. The number of allylic oxidation sites excluding steroid dienone is 2. The van der Waals surface area contributed by atoms with Gasteiger partial charge in [0.25, 0.3) is 0 Å². The molecule has 2 atom stereocenters. The molecular weight excluding hydrogens is 472 g/mol. The number of piperidine rings is 1. The third-order valence-electron chi connectivity index (χ3n) is 7.19. The number of fused-ring (bicyclic) bond motifs is 1. The van der Waals surface area contributed by atoms with Gasteiger partial charge >= 0.3 is 6.09 Å². The average molecular weight is 510 g/mol. The number of rotatable bonds is 8. The summed E-state index contributed by atoms with van der Waals surface area (Å²) in [7, 11) is 3.65. The zero-order chi connectivity index (χ0) is 26.6. The maximum Gasteiger partial charge on any atom is 0.412 e. The summed E-state index contributed by atoms with van der Waals surface area (Å²) in [5.41, 5.74) is 8.98. The number of amides is 2. The summed E-state index contributed by atoms with van der Waals surface area (Å²) in [6, 6.07) is 5.62. The van der Waals surface area contributed by atoms with Crippen LogP contribution in [0.1, 0.15) is 45.1 Å². The number of anilines is 1. The maximum absolute atomic E-state index is 12.4. The van der Waals surface area contributed by atoms with Gasteiger partial charge in [-0.15, -0.1) is 0 Å². The van der Waals surface area contributed by atoms with Crippen LogP contribution in [0.3, 0.4) is 0 Å². The Morgan fingerprint density at radius 1 is 1.30 bits per heavy atom. The van der Waals surface area contributed by atoms with Gasteiger partial charge in [-0.25, -0.2) is 9.28 Å². The van der Waals surface area contributed by atoms with Crippen LogP contribution in [0.25, 0.3) is 0 Å². The van der Waals surface area contributed by atoms with Gasteiger partial charge < -0.3 is 20.1 Å². The topological polar surface area (TPSA) is 119 Å². The molecule has 1 aromatic rings.